The number of nitro groups is 1. The van der Waals surface area contributed by atoms with Gasteiger partial charge in [-0.25, -0.2) is 0 Å². The van der Waals surface area contributed by atoms with E-state index in [1.807, 2.05) is 0 Å². The predicted molar refractivity (Wildman–Crippen MR) is 49.8 cm³/mol. The average molecular weight is 200 g/mol. The molecule has 1 aromatic heterocycles. The highest BCUT2D eigenvalue weighted by molar-refractivity contribution is 5.36. The van der Waals surface area contributed by atoms with E-state index in [-0.39, 0.29) is 5.69 Å². The number of nitrogens with zero attached hydrogens (tertiary/aromatic N) is 2. The summed E-state index contributed by atoms with van der Waals surface area (Å²) in [5, 5.41) is 10.0. The molecular formula is C8H12N2O4. The van der Waals surface area contributed by atoms with Crippen molar-refractivity contribution in [3.8, 4) is 0 Å². The van der Waals surface area contributed by atoms with E-state index < -0.39 is 4.92 Å². The zero-order chi connectivity index (χ0) is 11.0. The molecule has 0 amide bonds. The second kappa shape index (κ2) is 6.64. The molecule has 0 fully saturated rings. The van der Waals surface area contributed by atoms with Crippen LogP contribution in [0.5, 0.6) is 0 Å². The highest BCUT2D eigenvalue weighted by Crippen LogP contribution is 2.08. The predicted octanol–water partition coefficient (Wildman–Crippen LogP) is 1.11. The third kappa shape index (κ3) is 4.91. The Morgan fingerprint density at radius 3 is 2.50 bits per heavy atom. The maximum Gasteiger partial charge on any atom is 0.293 e. The van der Waals surface area contributed by atoms with Gasteiger partial charge in [0, 0.05) is 19.3 Å². The molecule has 0 saturated heterocycles. The van der Waals surface area contributed by atoms with Crippen LogP contribution in [0.25, 0.3) is 0 Å². The Morgan fingerprint density at radius 1 is 1.71 bits per heavy atom. The van der Waals surface area contributed by atoms with E-state index >= 15 is 0 Å². The molecule has 0 N–H and O–H groups in total. The summed E-state index contributed by atoms with van der Waals surface area (Å²) >= 11 is 0. The number of rotatable bonds is 3. The number of hydrogen-bond donors (Lipinski definition) is 0. The smallest absolute Gasteiger partial charge is 0.293 e. The minimum absolute atomic E-state index is 0.137. The van der Waals surface area contributed by atoms with Crippen LogP contribution in [0.15, 0.2) is 18.5 Å². The highest BCUT2D eigenvalue weighted by Gasteiger charge is 2.03. The van der Waals surface area contributed by atoms with Gasteiger partial charge in [-0.3, -0.25) is 14.9 Å². The summed E-state index contributed by atoms with van der Waals surface area (Å²) in [6, 6.07) is 1.46. The SMILES string of the molecule is CCOC=O.Cn1ccc([N+](=O)[O-])c1. The number of aryl methyl sites for hydroxylation is 1. The van der Waals surface area contributed by atoms with Crippen molar-refractivity contribution >= 4 is 12.2 Å². The molecule has 0 saturated carbocycles. The normalized spacial score (nSPS) is 8.43. The van der Waals surface area contributed by atoms with Crippen molar-refractivity contribution in [2.75, 3.05) is 6.61 Å². The molecule has 0 unspecified atom stereocenters. The first-order valence-electron chi connectivity index (χ1n) is 3.93. The first-order valence-corrected chi connectivity index (χ1v) is 3.93. The molecule has 1 aromatic rings. The maximum atomic E-state index is 10.0. The number of hydrogen-bond acceptors (Lipinski definition) is 4. The van der Waals surface area contributed by atoms with Crippen LogP contribution in [0.3, 0.4) is 0 Å². The fourth-order valence-electron chi connectivity index (χ4n) is 0.665. The monoisotopic (exact) mass is 200 g/mol. The second-order valence-corrected chi connectivity index (χ2v) is 2.34. The van der Waals surface area contributed by atoms with Gasteiger partial charge in [0.25, 0.3) is 12.2 Å². The van der Waals surface area contributed by atoms with Gasteiger partial charge in [0.15, 0.2) is 0 Å². The fraction of sp³-hybridized carbons (Fsp3) is 0.375. The molecule has 6 nitrogen and oxygen atoms in total. The van der Waals surface area contributed by atoms with Crippen LogP contribution in [0, 0.1) is 10.1 Å². The summed E-state index contributed by atoms with van der Waals surface area (Å²) in [6.45, 7) is 2.66. The zero-order valence-corrected chi connectivity index (χ0v) is 8.04. The minimum Gasteiger partial charge on any atom is -0.468 e. The third-order valence-corrected chi connectivity index (χ3v) is 1.26. The van der Waals surface area contributed by atoms with Gasteiger partial charge in [0.2, 0.25) is 0 Å². The van der Waals surface area contributed by atoms with Gasteiger partial charge in [0.05, 0.1) is 17.7 Å². The molecular weight excluding hydrogens is 188 g/mol. The lowest BCUT2D eigenvalue weighted by Gasteiger charge is -1.81. The van der Waals surface area contributed by atoms with Crippen LogP contribution in [-0.2, 0) is 16.6 Å². The highest BCUT2D eigenvalue weighted by atomic mass is 16.6. The summed E-state index contributed by atoms with van der Waals surface area (Å²) in [5.41, 5.74) is 0.137. The van der Waals surface area contributed by atoms with E-state index in [9.17, 15) is 14.9 Å². The Labute approximate surface area is 81.2 Å². The van der Waals surface area contributed by atoms with Crippen LogP contribution in [0.2, 0.25) is 0 Å². The lowest BCUT2D eigenvalue weighted by molar-refractivity contribution is -0.384. The number of aromatic nitrogens is 1. The molecule has 0 aromatic carbocycles. The Hall–Kier alpha value is -1.85. The zero-order valence-electron chi connectivity index (χ0n) is 8.04. The molecule has 1 rings (SSSR count). The molecule has 0 spiro atoms. The average Bonchev–Trinajstić information content (AvgIpc) is 2.54. The van der Waals surface area contributed by atoms with Crippen molar-refractivity contribution in [1.29, 1.82) is 0 Å². The molecule has 0 aliphatic rings. The largest absolute Gasteiger partial charge is 0.468 e. The fourth-order valence-corrected chi connectivity index (χ4v) is 0.665. The maximum absolute atomic E-state index is 10.0. The summed E-state index contributed by atoms with van der Waals surface area (Å²) in [6.07, 6.45) is 3.10. The first-order chi connectivity index (χ1) is 6.61. The van der Waals surface area contributed by atoms with Crippen LogP contribution < -0.4 is 0 Å². The van der Waals surface area contributed by atoms with Gasteiger partial charge >= 0.3 is 0 Å². The van der Waals surface area contributed by atoms with Crippen molar-refractivity contribution in [2.45, 2.75) is 6.92 Å². The Bertz CT molecular complexity index is 295. The summed E-state index contributed by atoms with van der Waals surface area (Å²) in [4.78, 5) is 18.8. The molecule has 0 bridgehead atoms. The van der Waals surface area contributed by atoms with Crippen molar-refractivity contribution in [1.82, 2.24) is 4.57 Å². The number of ether oxygens (including phenoxy) is 1. The molecule has 0 aliphatic carbocycles. The van der Waals surface area contributed by atoms with Crippen LogP contribution in [0.1, 0.15) is 6.92 Å². The lowest BCUT2D eigenvalue weighted by atomic mass is 10.6. The lowest BCUT2D eigenvalue weighted by Crippen LogP contribution is -1.84. The van der Waals surface area contributed by atoms with E-state index in [2.05, 4.69) is 4.74 Å². The Kier molecular flexibility index (Phi) is 5.77. The standard InChI is InChI=1S/C5H6N2O2.C3H6O2/c1-6-3-2-5(4-6)7(8)9;1-2-5-3-4/h2-4H,1H3;3H,2H2,1H3. The van der Waals surface area contributed by atoms with Crippen molar-refractivity contribution in [2.24, 2.45) is 7.05 Å². The molecule has 14 heavy (non-hydrogen) atoms. The molecule has 1 heterocycles. The first kappa shape index (κ1) is 12.2. The van der Waals surface area contributed by atoms with Gasteiger partial charge in [-0.1, -0.05) is 0 Å². The second-order valence-electron chi connectivity index (χ2n) is 2.34. The third-order valence-electron chi connectivity index (χ3n) is 1.26. The molecule has 0 atom stereocenters. The van der Waals surface area contributed by atoms with Crippen molar-refractivity contribution in [3.63, 3.8) is 0 Å². The van der Waals surface area contributed by atoms with Crippen molar-refractivity contribution < 1.29 is 14.5 Å². The molecule has 0 radical (unpaired) electrons. The van der Waals surface area contributed by atoms with E-state index in [1.54, 1.807) is 24.7 Å². The topological polar surface area (TPSA) is 74.4 Å². The summed E-state index contributed by atoms with van der Waals surface area (Å²) < 4.78 is 5.79. The van der Waals surface area contributed by atoms with E-state index in [0.717, 1.165) is 0 Å². The van der Waals surface area contributed by atoms with E-state index in [1.165, 1.54) is 12.3 Å². The quantitative estimate of drug-likeness (QED) is 0.416. The number of carbonyl (C=O) groups excluding carboxylic acids is 1. The van der Waals surface area contributed by atoms with Crippen LogP contribution in [-0.4, -0.2) is 22.6 Å². The van der Waals surface area contributed by atoms with E-state index in [4.69, 9.17) is 0 Å². The number of carbonyl (C=O) groups is 1. The van der Waals surface area contributed by atoms with Gasteiger partial charge < -0.3 is 9.30 Å². The summed E-state index contributed by atoms with van der Waals surface area (Å²) in [7, 11) is 1.74. The van der Waals surface area contributed by atoms with Gasteiger partial charge in [-0.05, 0) is 6.92 Å². The minimum atomic E-state index is -0.417. The van der Waals surface area contributed by atoms with Gasteiger partial charge in [-0.15, -0.1) is 0 Å². The molecule has 0 aliphatic heterocycles. The Balaban J connectivity index is 0.000000292. The molecule has 6 heteroatoms. The van der Waals surface area contributed by atoms with Crippen molar-refractivity contribution in [3.05, 3.63) is 28.6 Å². The Morgan fingerprint density at radius 2 is 2.36 bits per heavy atom. The van der Waals surface area contributed by atoms with Gasteiger partial charge in [0.1, 0.15) is 0 Å². The summed E-state index contributed by atoms with van der Waals surface area (Å²) in [5.74, 6) is 0. The van der Waals surface area contributed by atoms with Crippen LogP contribution >= 0.6 is 0 Å². The van der Waals surface area contributed by atoms with Crippen LogP contribution in [0.4, 0.5) is 5.69 Å². The van der Waals surface area contributed by atoms with E-state index in [0.29, 0.717) is 13.1 Å². The molecule has 78 valence electrons. The van der Waals surface area contributed by atoms with Gasteiger partial charge in [-0.2, -0.15) is 0 Å².